The van der Waals surface area contributed by atoms with Gasteiger partial charge in [-0.25, -0.2) is 0 Å². The summed E-state index contributed by atoms with van der Waals surface area (Å²) in [5, 5.41) is 3.07. The number of benzene rings is 1. The second-order valence-corrected chi connectivity index (χ2v) is 3.19. The van der Waals surface area contributed by atoms with E-state index in [9.17, 15) is 4.79 Å². The number of hydrogen-bond acceptors (Lipinski definition) is 2. The van der Waals surface area contributed by atoms with Crippen molar-refractivity contribution >= 4 is 11.5 Å². The van der Waals surface area contributed by atoms with Crippen LogP contribution in [0.5, 0.6) is 0 Å². The summed E-state index contributed by atoms with van der Waals surface area (Å²) in [7, 11) is 0. The molecule has 0 atom stereocenters. The molecule has 1 aromatic rings. The molecule has 0 radical (unpaired) electrons. The van der Waals surface area contributed by atoms with Gasteiger partial charge in [0.1, 0.15) is 0 Å². The average molecular weight is 189 g/mol. The number of carbonyl (C=O) groups is 1. The lowest BCUT2D eigenvalue weighted by Gasteiger charge is -2.04. The predicted molar refractivity (Wildman–Crippen MR) is 59.5 cm³/mol. The molecule has 1 rings (SSSR count). The number of rotatable bonds is 4. The zero-order chi connectivity index (χ0) is 10.4. The lowest BCUT2D eigenvalue weighted by atomic mass is 10.2. The van der Waals surface area contributed by atoms with Crippen molar-refractivity contribution in [3.05, 3.63) is 42.0 Å². The zero-order valence-corrected chi connectivity index (χ0v) is 8.58. The Hall–Kier alpha value is -1.57. The summed E-state index contributed by atoms with van der Waals surface area (Å²) in [5.74, 6) is 0.0917. The average Bonchev–Trinajstić information content (AvgIpc) is 2.15. The van der Waals surface area contributed by atoms with E-state index in [4.69, 9.17) is 0 Å². The van der Waals surface area contributed by atoms with Crippen LogP contribution < -0.4 is 5.32 Å². The lowest BCUT2D eigenvalue weighted by molar-refractivity contribution is -0.113. The van der Waals surface area contributed by atoms with Crippen LogP contribution in [0.3, 0.4) is 0 Å². The fraction of sp³-hybridized carbons (Fsp3) is 0.250. The van der Waals surface area contributed by atoms with Crippen LogP contribution in [0.1, 0.15) is 12.5 Å². The van der Waals surface area contributed by atoms with E-state index in [1.54, 1.807) is 12.2 Å². The molecule has 0 heterocycles. The molecule has 0 spiro atoms. The molecule has 0 amide bonds. The van der Waals surface area contributed by atoms with Gasteiger partial charge in [-0.15, -0.1) is 0 Å². The van der Waals surface area contributed by atoms with E-state index in [1.807, 2.05) is 38.1 Å². The van der Waals surface area contributed by atoms with Crippen LogP contribution in [0, 0.1) is 6.92 Å². The van der Waals surface area contributed by atoms with Crippen molar-refractivity contribution in [2.75, 3.05) is 11.9 Å². The molecule has 0 bridgehead atoms. The van der Waals surface area contributed by atoms with Gasteiger partial charge in [-0.1, -0.05) is 18.2 Å². The Morgan fingerprint density at radius 3 is 2.93 bits per heavy atom. The first-order chi connectivity index (χ1) is 6.72. The molecular formula is C12H15NO. The van der Waals surface area contributed by atoms with Crippen LogP contribution in [0.2, 0.25) is 0 Å². The molecule has 0 aliphatic rings. The third-order valence-electron chi connectivity index (χ3n) is 1.84. The number of anilines is 1. The lowest BCUT2D eigenvalue weighted by Crippen LogP contribution is -2.10. The summed E-state index contributed by atoms with van der Waals surface area (Å²) in [6, 6.07) is 7.97. The topological polar surface area (TPSA) is 29.1 Å². The molecule has 2 nitrogen and oxygen atoms in total. The molecule has 14 heavy (non-hydrogen) atoms. The second-order valence-electron chi connectivity index (χ2n) is 3.19. The zero-order valence-electron chi connectivity index (χ0n) is 8.58. The van der Waals surface area contributed by atoms with Gasteiger partial charge in [-0.3, -0.25) is 4.79 Å². The molecule has 74 valence electrons. The van der Waals surface area contributed by atoms with Crippen LogP contribution in [0.25, 0.3) is 0 Å². The van der Waals surface area contributed by atoms with Crippen molar-refractivity contribution in [3.63, 3.8) is 0 Å². The Bertz CT molecular complexity index is 342. The summed E-state index contributed by atoms with van der Waals surface area (Å²) in [6.07, 6.45) is 3.32. The van der Waals surface area contributed by atoms with Crippen molar-refractivity contribution in [1.29, 1.82) is 0 Å². The van der Waals surface area contributed by atoms with Crippen LogP contribution in [0.4, 0.5) is 5.69 Å². The van der Waals surface area contributed by atoms with Gasteiger partial charge in [-0.2, -0.15) is 0 Å². The normalized spacial score (nSPS) is 10.4. The Morgan fingerprint density at radius 2 is 2.29 bits per heavy atom. The minimum Gasteiger partial charge on any atom is -0.378 e. The van der Waals surface area contributed by atoms with E-state index < -0.39 is 0 Å². The van der Waals surface area contributed by atoms with E-state index >= 15 is 0 Å². The summed E-state index contributed by atoms with van der Waals surface area (Å²) in [5.41, 5.74) is 2.18. The molecule has 0 unspecified atom stereocenters. The second kappa shape index (κ2) is 5.22. The van der Waals surface area contributed by atoms with Gasteiger partial charge < -0.3 is 5.32 Å². The van der Waals surface area contributed by atoms with Crippen molar-refractivity contribution in [3.8, 4) is 0 Å². The molecule has 0 aliphatic carbocycles. The first-order valence-electron chi connectivity index (χ1n) is 4.68. The minimum absolute atomic E-state index is 0.0917. The van der Waals surface area contributed by atoms with Gasteiger partial charge in [-0.05, 0) is 37.6 Å². The molecular weight excluding hydrogens is 174 g/mol. The monoisotopic (exact) mass is 189 g/mol. The number of allylic oxidation sites excluding steroid dienone is 1. The van der Waals surface area contributed by atoms with Crippen molar-refractivity contribution < 1.29 is 4.79 Å². The SMILES string of the molecule is C/C=C/C(=O)CNc1cccc(C)c1. The molecule has 0 saturated heterocycles. The molecule has 1 N–H and O–H groups in total. The van der Waals surface area contributed by atoms with Gasteiger partial charge in [0, 0.05) is 5.69 Å². The van der Waals surface area contributed by atoms with Gasteiger partial charge in [0.25, 0.3) is 0 Å². The van der Waals surface area contributed by atoms with Crippen molar-refractivity contribution in [2.45, 2.75) is 13.8 Å². The fourth-order valence-corrected chi connectivity index (χ4v) is 1.19. The minimum atomic E-state index is 0.0917. The summed E-state index contributed by atoms with van der Waals surface area (Å²) >= 11 is 0. The van der Waals surface area contributed by atoms with Crippen molar-refractivity contribution in [2.24, 2.45) is 0 Å². The highest BCUT2D eigenvalue weighted by Gasteiger charge is 1.96. The number of hydrogen-bond donors (Lipinski definition) is 1. The van der Waals surface area contributed by atoms with Crippen molar-refractivity contribution in [1.82, 2.24) is 0 Å². The van der Waals surface area contributed by atoms with Crippen LogP contribution in [-0.2, 0) is 4.79 Å². The largest absolute Gasteiger partial charge is 0.378 e. The Balaban J connectivity index is 2.49. The first kappa shape index (κ1) is 10.5. The van der Waals surface area contributed by atoms with Gasteiger partial charge >= 0.3 is 0 Å². The van der Waals surface area contributed by atoms with Gasteiger partial charge in [0.2, 0.25) is 0 Å². The van der Waals surface area contributed by atoms with Crippen LogP contribution >= 0.6 is 0 Å². The molecule has 2 heteroatoms. The summed E-state index contributed by atoms with van der Waals surface area (Å²) in [4.78, 5) is 11.2. The highest BCUT2D eigenvalue weighted by Crippen LogP contribution is 2.08. The van der Waals surface area contributed by atoms with Gasteiger partial charge in [0.05, 0.1) is 6.54 Å². The van der Waals surface area contributed by atoms with E-state index in [2.05, 4.69) is 5.32 Å². The third-order valence-corrected chi connectivity index (χ3v) is 1.84. The highest BCUT2D eigenvalue weighted by molar-refractivity contribution is 5.92. The Labute approximate surface area is 84.6 Å². The highest BCUT2D eigenvalue weighted by atomic mass is 16.1. The molecule has 0 fully saturated rings. The van der Waals surface area contributed by atoms with E-state index in [0.717, 1.165) is 5.69 Å². The fourth-order valence-electron chi connectivity index (χ4n) is 1.19. The molecule has 0 aliphatic heterocycles. The first-order valence-corrected chi connectivity index (χ1v) is 4.68. The van der Waals surface area contributed by atoms with Gasteiger partial charge in [0.15, 0.2) is 5.78 Å². The Kier molecular flexibility index (Phi) is 3.92. The number of carbonyl (C=O) groups excluding carboxylic acids is 1. The Morgan fingerprint density at radius 1 is 1.50 bits per heavy atom. The maximum Gasteiger partial charge on any atom is 0.174 e. The van der Waals surface area contributed by atoms with Crippen LogP contribution in [0.15, 0.2) is 36.4 Å². The number of nitrogens with one attached hydrogen (secondary N) is 1. The van der Waals surface area contributed by atoms with Crippen LogP contribution in [-0.4, -0.2) is 12.3 Å². The number of ketones is 1. The summed E-state index contributed by atoms with van der Waals surface area (Å²) in [6.45, 7) is 4.22. The predicted octanol–water partition coefficient (Wildman–Crippen LogP) is 2.55. The standard InChI is InChI=1S/C12H15NO/c1-3-5-12(14)9-13-11-7-4-6-10(2)8-11/h3-8,13H,9H2,1-2H3/b5-3+. The maximum atomic E-state index is 11.2. The van der Waals surface area contributed by atoms with E-state index in [1.165, 1.54) is 5.56 Å². The van der Waals surface area contributed by atoms with E-state index in [0.29, 0.717) is 6.54 Å². The maximum absolute atomic E-state index is 11.2. The summed E-state index contributed by atoms with van der Waals surface area (Å²) < 4.78 is 0. The molecule has 1 aromatic carbocycles. The quantitative estimate of drug-likeness (QED) is 0.737. The third kappa shape index (κ3) is 3.44. The molecule has 0 aromatic heterocycles. The van der Waals surface area contributed by atoms with E-state index in [-0.39, 0.29) is 5.78 Å². The molecule has 0 saturated carbocycles. The smallest absolute Gasteiger partial charge is 0.174 e. The number of aryl methyl sites for hydroxylation is 1.